The van der Waals surface area contributed by atoms with Crippen LogP contribution in [0, 0.1) is 0 Å². The zero-order valence-corrected chi connectivity index (χ0v) is 23.1. The predicted molar refractivity (Wildman–Crippen MR) is 146 cm³/mol. The molecular weight excluding hydrogens is 582 g/mol. The molecule has 3 aromatic heterocycles. The fourth-order valence-corrected chi connectivity index (χ4v) is 6.49. The number of aromatic nitrogens is 3. The first-order valence-corrected chi connectivity index (χ1v) is 14.0. The molecule has 2 amide bonds. The first-order valence-electron chi connectivity index (χ1n) is 11.7. The number of nitrogens with one attached hydrogen (secondary N) is 1. The topological polar surface area (TPSA) is 181 Å². The van der Waals surface area contributed by atoms with E-state index in [0.29, 0.717) is 18.6 Å². The molecule has 2 aliphatic heterocycles. The quantitative estimate of drug-likeness (QED) is 0.105. The van der Waals surface area contributed by atoms with E-state index in [1.807, 2.05) is 35.0 Å². The molecule has 206 valence electrons. The number of carbonyl (C=O) groups excluding carboxylic acids is 3. The number of pyridine rings is 2. The van der Waals surface area contributed by atoms with Gasteiger partial charge < -0.3 is 21.0 Å². The lowest BCUT2D eigenvalue weighted by Gasteiger charge is -2.49. The van der Waals surface area contributed by atoms with E-state index in [1.54, 1.807) is 6.20 Å². The molecule has 40 heavy (non-hydrogen) atoms. The van der Waals surface area contributed by atoms with Gasteiger partial charge in [-0.2, -0.15) is 4.57 Å². The van der Waals surface area contributed by atoms with Crippen molar-refractivity contribution >= 4 is 80.6 Å². The number of thiazole rings is 1. The number of nitrogens with zero attached hydrogens (tertiary/aromatic N) is 5. The number of thioether (sulfide) groups is 1. The minimum Gasteiger partial charge on any atom is -0.478 e. The molecule has 3 atom stereocenters. The molecule has 4 N–H and O–H groups in total. The van der Waals surface area contributed by atoms with Crippen molar-refractivity contribution in [2.75, 3.05) is 11.5 Å². The van der Waals surface area contributed by atoms with Crippen LogP contribution < -0.4 is 15.6 Å². The van der Waals surface area contributed by atoms with Gasteiger partial charge >= 0.3 is 5.97 Å². The molecule has 2 unspecified atom stereocenters. The summed E-state index contributed by atoms with van der Waals surface area (Å²) in [5.74, 6) is -2.23. The first-order chi connectivity index (χ1) is 19.2. The molecule has 0 radical (unpaired) electrons. The summed E-state index contributed by atoms with van der Waals surface area (Å²) < 4.78 is 1.99. The Morgan fingerprint density at radius 2 is 2.23 bits per heavy atom. The average molecular weight is 603 g/mol. The number of amides is 2. The van der Waals surface area contributed by atoms with E-state index in [2.05, 4.69) is 20.4 Å². The number of carboxylic acids is 1. The number of carbonyl (C=O) groups is 4. The number of halogens is 1. The SMILES string of the molecule is C[C@H](O/N=C(\C(=O)NC1C(=O)N2C(C=O)=C(C[n+]3cccc4ncccc43)CSC12)c1nc(N)sc1Cl)C(=O)O. The van der Waals surface area contributed by atoms with Gasteiger partial charge in [0, 0.05) is 29.7 Å². The van der Waals surface area contributed by atoms with Gasteiger partial charge in [-0.1, -0.05) is 28.1 Å². The number of carboxylic acid groups (broad SMARTS) is 1. The molecule has 0 aromatic carbocycles. The minimum absolute atomic E-state index is 0.0311. The first kappa shape index (κ1) is 27.5. The molecule has 5 heterocycles. The standard InChI is InChI=1S/C24H20ClN7O6S2/c1-11(23(36)37)38-30-17(16-19(25)40-24(26)29-16)20(34)28-18-21(35)32-15(9-33)12(10-39-22(18)32)8-31-7-3-4-13-14(31)5-2-6-27-13/h2-7,9,11,18,22H,8,10H2,1H3,(H3-,26,28,29,34,36,37)/p+1/b30-17-/t11-,18?,22?/m0/s1. The van der Waals surface area contributed by atoms with Crippen LogP contribution in [-0.4, -0.2) is 73.0 Å². The number of oxime groups is 1. The maximum Gasteiger partial charge on any atom is 0.347 e. The number of β-lactam (4-membered cyclic amide) rings is 1. The number of aldehydes is 1. The van der Waals surface area contributed by atoms with E-state index >= 15 is 0 Å². The largest absolute Gasteiger partial charge is 0.478 e. The van der Waals surface area contributed by atoms with Crippen LogP contribution in [0.2, 0.25) is 4.34 Å². The van der Waals surface area contributed by atoms with E-state index in [4.69, 9.17) is 27.3 Å². The third-order valence-corrected chi connectivity index (χ3v) is 8.61. The van der Waals surface area contributed by atoms with E-state index in [0.717, 1.165) is 27.9 Å². The van der Waals surface area contributed by atoms with Gasteiger partial charge in [0.05, 0.1) is 5.70 Å². The fraction of sp³-hybridized carbons (Fsp3) is 0.250. The Morgan fingerprint density at radius 3 is 2.92 bits per heavy atom. The second-order valence-electron chi connectivity index (χ2n) is 8.71. The Hall–Kier alpha value is -4.08. The van der Waals surface area contributed by atoms with Crippen molar-refractivity contribution in [1.82, 2.24) is 20.2 Å². The highest BCUT2D eigenvalue weighted by Crippen LogP contribution is 2.39. The Balaban J connectivity index is 1.36. The van der Waals surface area contributed by atoms with E-state index in [-0.39, 0.29) is 20.9 Å². The van der Waals surface area contributed by atoms with Crippen LogP contribution in [-0.2, 0) is 30.6 Å². The molecule has 5 rings (SSSR count). The second-order valence-corrected chi connectivity index (χ2v) is 11.4. The van der Waals surface area contributed by atoms with Gasteiger partial charge in [-0.15, -0.1) is 11.8 Å². The maximum absolute atomic E-state index is 13.2. The van der Waals surface area contributed by atoms with Gasteiger partial charge in [0.25, 0.3) is 11.8 Å². The van der Waals surface area contributed by atoms with E-state index in [1.165, 1.54) is 23.6 Å². The fourth-order valence-electron chi connectivity index (χ4n) is 4.20. The number of allylic oxidation sites excluding steroid dienone is 1. The molecule has 0 spiro atoms. The molecular formula is C24H21ClN7O6S2+. The van der Waals surface area contributed by atoms with Gasteiger partial charge in [0.2, 0.25) is 11.6 Å². The number of anilines is 1. The number of rotatable bonds is 9. The molecule has 0 aliphatic carbocycles. The normalized spacial score (nSPS) is 19.6. The monoisotopic (exact) mass is 602 g/mol. The lowest BCUT2D eigenvalue weighted by atomic mass is 10.0. The van der Waals surface area contributed by atoms with Gasteiger partial charge in [-0.25, -0.2) is 14.8 Å². The van der Waals surface area contributed by atoms with Crippen LogP contribution in [0.4, 0.5) is 5.13 Å². The van der Waals surface area contributed by atoms with Gasteiger partial charge in [0.1, 0.15) is 27.0 Å². The molecule has 1 saturated heterocycles. The summed E-state index contributed by atoms with van der Waals surface area (Å²) in [6.45, 7) is 1.60. The number of aliphatic carboxylic acids is 1. The zero-order chi connectivity index (χ0) is 28.6. The van der Waals surface area contributed by atoms with Crippen LogP contribution in [0.15, 0.2) is 53.1 Å². The molecule has 0 saturated carbocycles. The zero-order valence-electron chi connectivity index (χ0n) is 20.7. The third kappa shape index (κ3) is 5.10. The summed E-state index contributed by atoms with van der Waals surface area (Å²) >= 11 is 8.43. The molecule has 2 aliphatic rings. The molecule has 16 heteroatoms. The van der Waals surface area contributed by atoms with Crippen molar-refractivity contribution < 1.29 is 33.7 Å². The minimum atomic E-state index is -1.37. The van der Waals surface area contributed by atoms with Crippen LogP contribution in [0.1, 0.15) is 12.6 Å². The number of fused-ring (bicyclic) bond motifs is 2. The second kappa shape index (κ2) is 11.2. The summed E-state index contributed by atoms with van der Waals surface area (Å²) in [4.78, 5) is 64.3. The summed E-state index contributed by atoms with van der Waals surface area (Å²) in [5.41, 5.74) is 7.81. The smallest absolute Gasteiger partial charge is 0.347 e. The average Bonchev–Trinajstić information content (AvgIpc) is 3.28. The van der Waals surface area contributed by atoms with E-state index in [9.17, 15) is 19.2 Å². The molecule has 0 bridgehead atoms. The summed E-state index contributed by atoms with van der Waals surface area (Å²) in [7, 11) is 0. The molecule has 1 fully saturated rings. The van der Waals surface area contributed by atoms with Gasteiger partial charge in [0.15, 0.2) is 29.9 Å². The highest BCUT2D eigenvalue weighted by molar-refractivity contribution is 8.00. The van der Waals surface area contributed by atoms with Crippen LogP contribution in [0.5, 0.6) is 0 Å². The predicted octanol–water partition coefficient (Wildman–Crippen LogP) is 0.961. The van der Waals surface area contributed by atoms with Crippen molar-refractivity contribution in [2.45, 2.75) is 31.0 Å². The maximum atomic E-state index is 13.2. The van der Waals surface area contributed by atoms with Crippen molar-refractivity contribution in [3.63, 3.8) is 0 Å². The van der Waals surface area contributed by atoms with Crippen LogP contribution >= 0.6 is 34.7 Å². The Morgan fingerprint density at radius 1 is 1.43 bits per heavy atom. The Bertz CT molecular complexity index is 1600. The number of hydrogen-bond acceptors (Lipinski definition) is 11. The van der Waals surface area contributed by atoms with Crippen LogP contribution in [0.3, 0.4) is 0 Å². The van der Waals surface area contributed by atoms with Crippen molar-refractivity contribution in [3.8, 4) is 0 Å². The highest BCUT2D eigenvalue weighted by Gasteiger charge is 2.53. The lowest BCUT2D eigenvalue weighted by molar-refractivity contribution is -0.663. The lowest BCUT2D eigenvalue weighted by Crippen LogP contribution is -2.70. The number of hydrogen-bond donors (Lipinski definition) is 3. The van der Waals surface area contributed by atoms with Crippen LogP contribution in [0.25, 0.3) is 11.0 Å². The molecule has 13 nitrogen and oxygen atoms in total. The van der Waals surface area contributed by atoms with Crippen molar-refractivity contribution in [1.29, 1.82) is 0 Å². The molecule has 3 aromatic rings. The summed E-state index contributed by atoms with van der Waals surface area (Å²) in [6.07, 6.45) is 2.85. The van der Waals surface area contributed by atoms with Crippen molar-refractivity contribution in [2.24, 2.45) is 5.16 Å². The Labute approximate surface area is 239 Å². The van der Waals surface area contributed by atoms with Crippen molar-refractivity contribution in [3.05, 3.63) is 58.0 Å². The summed E-state index contributed by atoms with van der Waals surface area (Å²) in [6, 6.07) is 6.50. The van der Waals surface area contributed by atoms with E-state index < -0.39 is 41.0 Å². The van der Waals surface area contributed by atoms with Gasteiger partial charge in [-0.05, 0) is 19.1 Å². The third-order valence-electron chi connectivity index (χ3n) is 6.19. The number of nitrogen functional groups attached to an aromatic ring is 1. The highest BCUT2D eigenvalue weighted by atomic mass is 35.5. The summed E-state index contributed by atoms with van der Waals surface area (Å²) in [5, 5.41) is 14.9. The van der Waals surface area contributed by atoms with Gasteiger partial charge in [-0.3, -0.25) is 19.3 Å². The Kier molecular flexibility index (Phi) is 7.69. The number of nitrogens with two attached hydrogens (primary N) is 1.